The van der Waals surface area contributed by atoms with Crippen LogP contribution in [0.5, 0.6) is 0 Å². The predicted molar refractivity (Wildman–Crippen MR) is 119 cm³/mol. The van der Waals surface area contributed by atoms with Crippen molar-refractivity contribution in [1.29, 1.82) is 0 Å². The molecule has 1 heterocycles. The number of aromatic carboxylic acids is 1. The minimum Gasteiger partial charge on any atom is -0.478 e. The molecule has 3 aromatic carbocycles. The summed E-state index contributed by atoms with van der Waals surface area (Å²) in [6.07, 6.45) is 1.41. The van der Waals surface area contributed by atoms with Gasteiger partial charge < -0.3 is 14.8 Å². The van der Waals surface area contributed by atoms with E-state index in [1.54, 1.807) is 24.3 Å². The van der Waals surface area contributed by atoms with Gasteiger partial charge in [0.2, 0.25) is 0 Å². The van der Waals surface area contributed by atoms with Gasteiger partial charge in [-0.15, -0.1) is 0 Å². The number of hydrogen-bond donors (Lipinski definition) is 3. The van der Waals surface area contributed by atoms with Crippen LogP contribution in [-0.4, -0.2) is 29.7 Å². The molecular weight excluding hydrogens is 394 g/mol. The van der Waals surface area contributed by atoms with Gasteiger partial charge in [-0.3, -0.25) is 4.79 Å². The number of anilines is 1. The molecule has 0 unspecified atom stereocenters. The Morgan fingerprint density at radius 3 is 2.52 bits per heavy atom. The van der Waals surface area contributed by atoms with Crippen LogP contribution in [-0.2, 0) is 4.79 Å². The molecule has 0 spiro atoms. The zero-order valence-corrected chi connectivity index (χ0v) is 16.4. The number of fused-ring (bicyclic) bond motifs is 1. The average Bonchev–Trinajstić information content (AvgIpc) is 3.26. The molecule has 0 aliphatic carbocycles. The monoisotopic (exact) mass is 413 g/mol. The van der Waals surface area contributed by atoms with Crippen molar-refractivity contribution >= 4 is 34.6 Å². The molecule has 1 aromatic heterocycles. The maximum absolute atomic E-state index is 12.1. The fourth-order valence-electron chi connectivity index (χ4n) is 3.12. The molecule has 154 valence electrons. The van der Waals surface area contributed by atoms with E-state index in [4.69, 9.17) is 9.52 Å². The van der Waals surface area contributed by atoms with Crippen molar-refractivity contribution < 1.29 is 19.1 Å². The molecule has 0 saturated carbocycles. The summed E-state index contributed by atoms with van der Waals surface area (Å²) in [5, 5.41) is 18.1. The molecule has 7 nitrogen and oxygen atoms in total. The van der Waals surface area contributed by atoms with Gasteiger partial charge >= 0.3 is 5.97 Å². The van der Waals surface area contributed by atoms with Gasteiger partial charge in [0.15, 0.2) is 0 Å². The minimum absolute atomic E-state index is 0.0741. The number of rotatable bonds is 7. The van der Waals surface area contributed by atoms with Crippen molar-refractivity contribution in [3.05, 3.63) is 90.2 Å². The van der Waals surface area contributed by atoms with Crippen LogP contribution >= 0.6 is 0 Å². The van der Waals surface area contributed by atoms with Gasteiger partial charge in [0, 0.05) is 16.6 Å². The van der Waals surface area contributed by atoms with E-state index in [1.807, 2.05) is 42.5 Å². The van der Waals surface area contributed by atoms with Gasteiger partial charge in [-0.2, -0.15) is 5.10 Å². The molecule has 0 aliphatic rings. The Labute approximate surface area is 178 Å². The van der Waals surface area contributed by atoms with Crippen LogP contribution in [0.15, 0.2) is 88.4 Å². The molecule has 0 saturated heterocycles. The lowest BCUT2D eigenvalue weighted by molar-refractivity contribution is -0.119. The molecule has 4 aromatic rings. The van der Waals surface area contributed by atoms with E-state index in [2.05, 4.69) is 15.8 Å². The number of hydrazone groups is 1. The van der Waals surface area contributed by atoms with Crippen LogP contribution in [0.2, 0.25) is 0 Å². The molecule has 0 fully saturated rings. The zero-order chi connectivity index (χ0) is 21.6. The Morgan fingerprint density at radius 1 is 0.935 bits per heavy atom. The molecule has 31 heavy (non-hydrogen) atoms. The van der Waals surface area contributed by atoms with Crippen molar-refractivity contribution in [3.8, 4) is 11.3 Å². The summed E-state index contributed by atoms with van der Waals surface area (Å²) in [6, 6.07) is 23.6. The lowest BCUT2D eigenvalue weighted by Gasteiger charge is -2.08. The Bertz CT molecular complexity index is 1250. The fraction of sp³-hybridized carbons (Fsp3) is 0.0417. The number of carboxylic acids is 1. The van der Waals surface area contributed by atoms with Crippen molar-refractivity contribution in [3.63, 3.8) is 0 Å². The van der Waals surface area contributed by atoms with E-state index in [0.717, 1.165) is 22.0 Å². The van der Waals surface area contributed by atoms with E-state index in [-0.39, 0.29) is 18.0 Å². The van der Waals surface area contributed by atoms with Crippen LogP contribution in [0.1, 0.15) is 16.1 Å². The van der Waals surface area contributed by atoms with Crippen LogP contribution in [0.3, 0.4) is 0 Å². The summed E-state index contributed by atoms with van der Waals surface area (Å²) in [7, 11) is 0. The SMILES string of the molecule is O=C(CNc1cccc2ccccc12)N/N=C\c1ccc(-c2ccc(C(=O)O)cc2)o1. The molecular formula is C24H19N3O4. The zero-order valence-electron chi connectivity index (χ0n) is 16.4. The van der Waals surface area contributed by atoms with Gasteiger partial charge in [-0.1, -0.05) is 48.5 Å². The smallest absolute Gasteiger partial charge is 0.335 e. The van der Waals surface area contributed by atoms with Crippen molar-refractivity contribution in [2.45, 2.75) is 0 Å². The lowest BCUT2D eigenvalue weighted by Crippen LogP contribution is -2.25. The highest BCUT2D eigenvalue weighted by atomic mass is 16.4. The van der Waals surface area contributed by atoms with Gasteiger partial charge in [0.05, 0.1) is 18.3 Å². The van der Waals surface area contributed by atoms with Crippen LogP contribution in [0, 0.1) is 0 Å². The highest BCUT2D eigenvalue weighted by Crippen LogP contribution is 2.23. The third-order valence-electron chi connectivity index (χ3n) is 4.65. The molecule has 4 rings (SSSR count). The predicted octanol–water partition coefficient (Wildman–Crippen LogP) is 4.36. The summed E-state index contributed by atoms with van der Waals surface area (Å²) in [6.45, 7) is 0.0741. The van der Waals surface area contributed by atoms with E-state index in [1.165, 1.54) is 18.3 Å². The highest BCUT2D eigenvalue weighted by molar-refractivity contribution is 5.95. The molecule has 3 N–H and O–H groups in total. The standard InChI is InChI=1S/C24H19N3O4/c28-23(15-25-21-7-3-5-16-4-1-2-6-20(16)21)27-26-14-19-12-13-22(31-19)17-8-10-18(11-9-17)24(29)30/h1-14,25H,15H2,(H,27,28)(H,29,30)/b26-14-. The first kappa shape index (κ1) is 19.9. The Balaban J connectivity index is 1.32. The largest absolute Gasteiger partial charge is 0.478 e. The number of amides is 1. The summed E-state index contributed by atoms with van der Waals surface area (Å²) >= 11 is 0. The number of nitrogens with zero attached hydrogens (tertiary/aromatic N) is 1. The van der Waals surface area contributed by atoms with Gasteiger partial charge in [0.25, 0.3) is 5.91 Å². The number of nitrogens with one attached hydrogen (secondary N) is 2. The Morgan fingerprint density at radius 2 is 1.71 bits per heavy atom. The average molecular weight is 413 g/mol. The Hall–Kier alpha value is -4.39. The van der Waals surface area contributed by atoms with E-state index >= 15 is 0 Å². The maximum Gasteiger partial charge on any atom is 0.335 e. The molecule has 7 heteroatoms. The van der Waals surface area contributed by atoms with Gasteiger partial charge in [0.1, 0.15) is 11.5 Å². The first-order valence-corrected chi connectivity index (χ1v) is 9.57. The second-order valence-electron chi connectivity index (χ2n) is 6.76. The molecule has 0 aliphatic heterocycles. The lowest BCUT2D eigenvalue weighted by atomic mass is 10.1. The number of furan rings is 1. The molecule has 0 atom stereocenters. The number of hydrogen-bond acceptors (Lipinski definition) is 5. The van der Waals surface area contributed by atoms with Crippen LogP contribution in [0.25, 0.3) is 22.1 Å². The first-order chi connectivity index (χ1) is 15.1. The molecule has 0 radical (unpaired) electrons. The topological polar surface area (TPSA) is 104 Å². The van der Waals surface area contributed by atoms with Gasteiger partial charge in [-0.25, -0.2) is 10.2 Å². The summed E-state index contributed by atoms with van der Waals surface area (Å²) in [4.78, 5) is 23.0. The number of carboxylic acid groups (broad SMARTS) is 1. The van der Waals surface area contributed by atoms with E-state index < -0.39 is 5.97 Å². The summed E-state index contributed by atoms with van der Waals surface area (Å²) < 4.78 is 5.67. The van der Waals surface area contributed by atoms with Crippen molar-refractivity contribution in [2.75, 3.05) is 11.9 Å². The molecule has 0 bridgehead atoms. The van der Waals surface area contributed by atoms with Gasteiger partial charge in [-0.05, 0) is 35.7 Å². The number of benzene rings is 3. The number of carbonyl (C=O) groups is 2. The maximum atomic E-state index is 12.1. The van der Waals surface area contributed by atoms with E-state index in [9.17, 15) is 9.59 Å². The normalized spacial score (nSPS) is 11.0. The summed E-state index contributed by atoms with van der Waals surface area (Å²) in [5.41, 5.74) is 4.29. The third-order valence-corrected chi connectivity index (χ3v) is 4.65. The van der Waals surface area contributed by atoms with Crippen molar-refractivity contribution in [2.24, 2.45) is 5.10 Å². The third kappa shape index (κ3) is 4.79. The van der Waals surface area contributed by atoms with E-state index in [0.29, 0.717) is 11.5 Å². The first-order valence-electron chi connectivity index (χ1n) is 9.57. The van der Waals surface area contributed by atoms with Crippen molar-refractivity contribution in [1.82, 2.24) is 5.43 Å². The Kier molecular flexibility index (Phi) is 5.75. The summed E-state index contributed by atoms with van der Waals surface area (Å²) in [5.74, 6) is -0.244. The second-order valence-corrected chi connectivity index (χ2v) is 6.76. The molecule has 1 amide bonds. The quantitative estimate of drug-likeness (QED) is 0.308. The fourth-order valence-corrected chi connectivity index (χ4v) is 3.12. The van der Waals surface area contributed by atoms with Crippen LogP contribution in [0.4, 0.5) is 5.69 Å². The number of carbonyl (C=O) groups excluding carboxylic acids is 1. The highest BCUT2D eigenvalue weighted by Gasteiger charge is 2.07. The van der Waals surface area contributed by atoms with Crippen LogP contribution < -0.4 is 10.7 Å². The second kappa shape index (κ2) is 8.96. The minimum atomic E-state index is -0.982.